The first-order valence-electron chi connectivity index (χ1n) is 7.03. The SMILES string of the molecule is Cc1cc(CN(C)C(=O)CCc2c(C)nn(C)c2C)no1. The maximum Gasteiger partial charge on any atom is 0.222 e. The van der Waals surface area contributed by atoms with Crippen LogP contribution in [-0.2, 0) is 24.8 Å². The van der Waals surface area contributed by atoms with Gasteiger partial charge in [0.05, 0.1) is 12.2 Å². The van der Waals surface area contributed by atoms with Crippen LogP contribution in [0.1, 0.15) is 34.8 Å². The lowest BCUT2D eigenvalue weighted by molar-refractivity contribution is -0.130. The van der Waals surface area contributed by atoms with E-state index >= 15 is 0 Å². The molecule has 0 fully saturated rings. The monoisotopic (exact) mass is 290 g/mol. The third-order valence-electron chi connectivity index (χ3n) is 3.75. The van der Waals surface area contributed by atoms with Crippen molar-refractivity contribution in [3.63, 3.8) is 0 Å². The molecular formula is C15H22N4O2. The Morgan fingerprint density at radius 3 is 2.62 bits per heavy atom. The molecule has 0 saturated carbocycles. The van der Waals surface area contributed by atoms with Gasteiger partial charge in [0.15, 0.2) is 0 Å². The van der Waals surface area contributed by atoms with Gasteiger partial charge in [-0.1, -0.05) is 5.16 Å². The van der Waals surface area contributed by atoms with E-state index < -0.39 is 0 Å². The van der Waals surface area contributed by atoms with Crippen molar-refractivity contribution in [2.24, 2.45) is 7.05 Å². The summed E-state index contributed by atoms with van der Waals surface area (Å²) in [6.07, 6.45) is 1.19. The highest BCUT2D eigenvalue weighted by atomic mass is 16.5. The molecule has 0 N–H and O–H groups in total. The average molecular weight is 290 g/mol. The van der Waals surface area contributed by atoms with E-state index in [2.05, 4.69) is 10.3 Å². The predicted octanol–water partition coefficient (Wildman–Crippen LogP) is 1.92. The van der Waals surface area contributed by atoms with Gasteiger partial charge in [0, 0.05) is 32.3 Å². The zero-order chi connectivity index (χ0) is 15.6. The summed E-state index contributed by atoms with van der Waals surface area (Å²) < 4.78 is 6.87. The largest absolute Gasteiger partial charge is 0.361 e. The van der Waals surface area contributed by atoms with Crippen LogP contribution >= 0.6 is 0 Å². The van der Waals surface area contributed by atoms with Crippen LogP contribution in [0.4, 0.5) is 0 Å². The lowest BCUT2D eigenvalue weighted by Crippen LogP contribution is -2.26. The standard InChI is InChI=1S/C15H22N4O2/c1-10-8-13(17-21-10)9-18(4)15(20)7-6-14-11(2)16-19(5)12(14)3/h8H,6-7,9H2,1-5H3. The third kappa shape index (κ3) is 3.51. The molecule has 0 aromatic carbocycles. The first kappa shape index (κ1) is 15.3. The van der Waals surface area contributed by atoms with Crippen molar-refractivity contribution < 1.29 is 9.32 Å². The Kier molecular flexibility index (Phi) is 4.45. The molecular weight excluding hydrogens is 268 g/mol. The summed E-state index contributed by atoms with van der Waals surface area (Å²) >= 11 is 0. The Morgan fingerprint density at radius 1 is 1.38 bits per heavy atom. The average Bonchev–Trinajstić information content (AvgIpc) is 2.92. The highest BCUT2D eigenvalue weighted by Crippen LogP contribution is 2.15. The van der Waals surface area contributed by atoms with Crippen LogP contribution in [0.15, 0.2) is 10.6 Å². The Balaban J connectivity index is 1.92. The molecule has 0 unspecified atom stereocenters. The minimum atomic E-state index is 0.0957. The number of amides is 1. The lowest BCUT2D eigenvalue weighted by atomic mass is 10.1. The maximum atomic E-state index is 12.2. The number of nitrogens with zero attached hydrogens (tertiary/aromatic N) is 4. The first-order chi connectivity index (χ1) is 9.88. The number of aromatic nitrogens is 3. The summed E-state index contributed by atoms with van der Waals surface area (Å²) in [5, 5.41) is 8.28. The third-order valence-corrected chi connectivity index (χ3v) is 3.75. The predicted molar refractivity (Wildman–Crippen MR) is 78.7 cm³/mol. The molecule has 0 radical (unpaired) electrons. The molecule has 0 aliphatic heterocycles. The molecule has 21 heavy (non-hydrogen) atoms. The van der Waals surface area contributed by atoms with Crippen LogP contribution in [-0.4, -0.2) is 32.8 Å². The van der Waals surface area contributed by atoms with Gasteiger partial charge in [-0.3, -0.25) is 9.48 Å². The molecule has 2 heterocycles. The molecule has 6 heteroatoms. The number of carbonyl (C=O) groups is 1. The highest BCUT2D eigenvalue weighted by molar-refractivity contribution is 5.76. The summed E-state index contributed by atoms with van der Waals surface area (Å²) in [5.74, 6) is 0.853. The Labute approximate surface area is 124 Å². The summed E-state index contributed by atoms with van der Waals surface area (Å²) in [5.41, 5.74) is 4.06. The molecule has 2 aromatic heterocycles. The summed E-state index contributed by atoms with van der Waals surface area (Å²) in [7, 11) is 3.71. The molecule has 0 bridgehead atoms. The van der Waals surface area contributed by atoms with Crippen molar-refractivity contribution in [3.8, 4) is 0 Å². The van der Waals surface area contributed by atoms with E-state index in [9.17, 15) is 4.79 Å². The van der Waals surface area contributed by atoms with Gasteiger partial charge >= 0.3 is 0 Å². The van der Waals surface area contributed by atoms with Crippen molar-refractivity contribution in [2.75, 3.05) is 7.05 Å². The van der Waals surface area contributed by atoms with Gasteiger partial charge in [-0.2, -0.15) is 5.10 Å². The van der Waals surface area contributed by atoms with Crippen molar-refractivity contribution in [1.82, 2.24) is 19.8 Å². The minimum Gasteiger partial charge on any atom is -0.361 e. The smallest absolute Gasteiger partial charge is 0.222 e. The molecule has 0 spiro atoms. The highest BCUT2D eigenvalue weighted by Gasteiger charge is 2.15. The summed E-state index contributed by atoms with van der Waals surface area (Å²) in [4.78, 5) is 13.9. The second-order valence-electron chi connectivity index (χ2n) is 5.45. The topological polar surface area (TPSA) is 64.2 Å². The first-order valence-corrected chi connectivity index (χ1v) is 7.03. The van der Waals surface area contributed by atoms with Gasteiger partial charge in [0.1, 0.15) is 11.5 Å². The van der Waals surface area contributed by atoms with Crippen LogP contribution in [0.2, 0.25) is 0 Å². The van der Waals surface area contributed by atoms with E-state index in [1.165, 1.54) is 0 Å². The molecule has 1 amide bonds. The minimum absolute atomic E-state index is 0.0957. The van der Waals surface area contributed by atoms with E-state index in [0.717, 1.165) is 28.4 Å². The molecule has 6 nitrogen and oxygen atoms in total. The fourth-order valence-electron chi connectivity index (χ4n) is 2.43. The van der Waals surface area contributed by atoms with Crippen molar-refractivity contribution in [3.05, 3.63) is 34.5 Å². The normalized spacial score (nSPS) is 10.9. The van der Waals surface area contributed by atoms with Crippen LogP contribution in [0.25, 0.3) is 0 Å². The molecule has 0 aliphatic rings. The molecule has 0 aliphatic carbocycles. The van der Waals surface area contributed by atoms with Gasteiger partial charge in [-0.05, 0) is 32.8 Å². The van der Waals surface area contributed by atoms with E-state index in [4.69, 9.17) is 4.52 Å². The van der Waals surface area contributed by atoms with Gasteiger partial charge in [-0.15, -0.1) is 0 Å². The second kappa shape index (κ2) is 6.11. The number of rotatable bonds is 5. The number of hydrogen-bond donors (Lipinski definition) is 0. The molecule has 0 atom stereocenters. The number of carbonyl (C=O) groups excluding carboxylic acids is 1. The van der Waals surface area contributed by atoms with E-state index in [1.807, 2.05) is 38.6 Å². The fourth-order valence-corrected chi connectivity index (χ4v) is 2.43. The van der Waals surface area contributed by atoms with Crippen LogP contribution < -0.4 is 0 Å². The fraction of sp³-hybridized carbons (Fsp3) is 0.533. The molecule has 114 valence electrons. The molecule has 2 rings (SSSR count). The maximum absolute atomic E-state index is 12.2. The van der Waals surface area contributed by atoms with Crippen molar-refractivity contribution in [2.45, 2.75) is 40.2 Å². The Hall–Kier alpha value is -2.11. The summed E-state index contributed by atoms with van der Waals surface area (Å²) in [6.45, 7) is 6.32. The molecule has 0 saturated heterocycles. The Bertz CT molecular complexity index is 642. The van der Waals surface area contributed by atoms with Gasteiger partial charge < -0.3 is 9.42 Å². The van der Waals surface area contributed by atoms with Crippen molar-refractivity contribution >= 4 is 5.91 Å². The van der Waals surface area contributed by atoms with Gasteiger partial charge in [0.25, 0.3) is 0 Å². The van der Waals surface area contributed by atoms with Crippen molar-refractivity contribution in [1.29, 1.82) is 0 Å². The number of hydrogen-bond acceptors (Lipinski definition) is 4. The zero-order valence-corrected chi connectivity index (χ0v) is 13.3. The van der Waals surface area contributed by atoms with E-state index in [0.29, 0.717) is 19.4 Å². The van der Waals surface area contributed by atoms with Crippen LogP contribution in [0.5, 0.6) is 0 Å². The van der Waals surface area contributed by atoms with Gasteiger partial charge in [-0.25, -0.2) is 0 Å². The van der Waals surface area contributed by atoms with Gasteiger partial charge in [0.2, 0.25) is 5.91 Å². The lowest BCUT2D eigenvalue weighted by Gasteiger charge is -2.15. The second-order valence-corrected chi connectivity index (χ2v) is 5.45. The molecule has 2 aromatic rings. The summed E-state index contributed by atoms with van der Waals surface area (Å²) in [6, 6.07) is 1.85. The number of aryl methyl sites for hydroxylation is 3. The quantitative estimate of drug-likeness (QED) is 0.844. The van der Waals surface area contributed by atoms with E-state index in [-0.39, 0.29) is 5.91 Å². The Morgan fingerprint density at radius 2 is 2.10 bits per heavy atom. The van der Waals surface area contributed by atoms with Crippen LogP contribution in [0.3, 0.4) is 0 Å². The van der Waals surface area contributed by atoms with Crippen LogP contribution in [0, 0.1) is 20.8 Å². The van der Waals surface area contributed by atoms with E-state index in [1.54, 1.807) is 11.9 Å². The zero-order valence-electron chi connectivity index (χ0n) is 13.3.